The number of anilines is 1. The minimum Gasteiger partial charge on any atom is -0.341 e. The van der Waals surface area contributed by atoms with Crippen molar-refractivity contribution in [2.45, 2.75) is 24.8 Å². The minimum atomic E-state index is -3.77. The predicted molar refractivity (Wildman–Crippen MR) is 135 cm³/mol. The van der Waals surface area contributed by atoms with Crippen molar-refractivity contribution in [2.24, 2.45) is 0 Å². The molecule has 0 fully saturated rings. The fraction of sp³-hybridized carbons (Fsp3) is 0.107. The van der Waals surface area contributed by atoms with E-state index in [1.54, 1.807) is 48.5 Å². The van der Waals surface area contributed by atoms with Crippen LogP contribution in [-0.4, -0.2) is 14.3 Å². The van der Waals surface area contributed by atoms with E-state index in [9.17, 15) is 13.2 Å². The Balaban J connectivity index is 1.59. The highest BCUT2D eigenvalue weighted by Crippen LogP contribution is 2.26. The van der Waals surface area contributed by atoms with Gasteiger partial charge in [0.1, 0.15) is 0 Å². The molecule has 0 aliphatic heterocycles. The van der Waals surface area contributed by atoms with Crippen molar-refractivity contribution < 1.29 is 13.2 Å². The van der Waals surface area contributed by atoms with Gasteiger partial charge in [-0.15, -0.1) is 0 Å². The van der Waals surface area contributed by atoms with E-state index in [2.05, 4.69) is 10.0 Å². The van der Waals surface area contributed by atoms with E-state index in [4.69, 9.17) is 0 Å². The van der Waals surface area contributed by atoms with Gasteiger partial charge in [0, 0.05) is 11.3 Å². The van der Waals surface area contributed by atoms with Gasteiger partial charge in [-0.3, -0.25) is 9.52 Å². The molecule has 5 nitrogen and oxygen atoms in total. The normalized spacial score (nSPS) is 12.1. The molecule has 6 heteroatoms. The number of aryl methyl sites for hydroxylation is 2. The maximum absolute atomic E-state index is 13.2. The van der Waals surface area contributed by atoms with Gasteiger partial charge >= 0.3 is 0 Å². The summed E-state index contributed by atoms with van der Waals surface area (Å²) >= 11 is 0. The summed E-state index contributed by atoms with van der Waals surface area (Å²) in [5.74, 6) is -0.298. The zero-order chi connectivity index (χ0) is 24.1. The van der Waals surface area contributed by atoms with Crippen LogP contribution in [0.2, 0.25) is 0 Å². The molecular formula is C28H26N2O3S. The summed E-state index contributed by atoms with van der Waals surface area (Å²) in [6.07, 6.45) is 0. The van der Waals surface area contributed by atoms with Gasteiger partial charge in [-0.05, 0) is 60.9 Å². The molecule has 0 aromatic heterocycles. The van der Waals surface area contributed by atoms with E-state index < -0.39 is 10.0 Å². The lowest BCUT2D eigenvalue weighted by atomic mass is 9.94. The first-order valence-corrected chi connectivity index (χ1v) is 12.4. The third-order valence-corrected chi connectivity index (χ3v) is 7.01. The van der Waals surface area contributed by atoms with Crippen molar-refractivity contribution in [3.63, 3.8) is 0 Å². The second-order valence-corrected chi connectivity index (χ2v) is 9.86. The van der Waals surface area contributed by atoms with Crippen LogP contribution in [0.5, 0.6) is 0 Å². The third-order valence-electron chi connectivity index (χ3n) is 5.62. The number of amides is 1. The number of benzene rings is 4. The van der Waals surface area contributed by atoms with E-state index in [1.165, 1.54) is 0 Å². The molecule has 4 aromatic carbocycles. The molecule has 0 heterocycles. The van der Waals surface area contributed by atoms with Crippen molar-refractivity contribution in [3.8, 4) is 0 Å². The lowest BCUT2D eigenvalue weighted by Crippen LogP contribution is -2.30. The molecular weight excluding hydrogens is 444 g/mol. The van der Waals surface area contributed by atoms with Crippen molar-refractivity contribution in [2.75, 3.05) is 4.72 Å². The van der Waals surface area contributed by atoms with Gasteiger partial charge in [-0.25, -0.2) is 8.42 Å². The number of sulfonamides is 1. The van der Waals surface area contributed by atoms with Gasteiger partial charge in [0.25, 0.3) is 15.9 Å². The van der Waals surface area contributed by atoms with E-state index in [0.717, 1.165) is 22.3 Å². The number of carbonyl (C=O) groups excluding carboxylic acids is 1. The summed E-state index contributed by atoms with van der Waals surface area (Å²) < 4.78 is 28.1. The van der Waals surface area contributed by atoms with Gasteiger partial charge in [-0.1, -0.05) is 78.4 Å². The van der Waals surface area contributed by atoms with E-state index in [0.29, 0.717) is 11.3 Å². The van der Waals surface area contributed by atoms with Crippen molar-refractivity contribution >= 4 is 21.6 Å². The van der Waals surface area contributed by atoms with Crippen molar-refractivity contribution in [1.82, 2.24) is 5.32 Å². The highest BCUT2D eigenvalue weighted by molar-refractivity contribution is 7.92. The number of nitrogens with one attached hydrogen (secondary N) is 2. The van der Waals surface area contributed by atoms with Gasteiger partial charge in [0.05, 0.1) is 10.9 Å². The van der Waals surface area contributed by atoms with Crippen LogP contribution in [-0.2, 0) is 10.0 Å². The van der Waals surface area contributed by atoms with Gasteiger partial charge in [0.15, 0.2) is 0 Å². The lowest BCUT2D eigenvalue weighted by Gasteiger charge is -2.22. The van der Waals surface area contributed by atoms with Crippen LogP contribution >= 0.6 is 0 Å². The van der Waals surface area contributed by atoms with Crippen LogP contribution < -0.4 is 10.0 Å². The zero-order valence-electron chi connectivity index (χ0n) is 19.0. The van der Waals surface area contributed by atoms with Gasteiger partial charge in [-0.2, -0.15) is 0 Å². The molecule has 34 heavy (non-hydrogen) atoms. The molecule has 0 spiro atoms. The summed E-state index contributed by atoms with van der Waals surface area (Å²) in [7, 11) is -3.77. The second-order valence-electron chi connectivity index (χ2n) is 8.17. The molecule has 0 aliphatic carbocycles. The number of rotatable bonds is 7. The van der Waals surface area contributed by atoms with Crippen LogP contribution in [0.4, 0.5) is 5.69 Å². The molecule has 0 aliphatic rings. The summed E-state index contributed by atoms with van der Waals surface area (Å²) in [6, 6.07) is 30.4. The standard InChI is InChI=1S/C28H26N2O3S/c1-20-15-17-25(18-16-20)34(32,33)30-24-13-8-12-23(19-24)28(31)29-27(22-10-4-3-5-11-22)26-14-7-6-9-21(26)2/h3-19,27,30H,1-2H3,(H,29,31)/t27-/m1/s1. The quantitative estimate of drug-likeness (QED) is 0.368. The molecule has 0 saturated carbocycles. The third kappa shape index (κ3) is 5.35. The van der Waals surface area contributed by atoms with Crippen LogP contribution in [0.15, 0.2) is 108 Å². The van der Waals surface area contributed by atoms with E-state index in [-0.39, 0.29) is 16.8 Å². The predicted octanol–water partition coefficient (Wildman–Crippen LogP) is 5.62. The molecule has 2 N–H and O–H groups in total. The molecule has 0 saturated heterocycles. The highest BCUT2D eigenvalue weighted by atomic mass is 32.2. The first-order valence-electron chi connectivity index (χ1n) is 10.9. The molecule has 0 unspecified atom stereocenters. The summed E-state index contributed by atoms with van der Waals surface area (Å²) in [5, 5.41) is 3.12. The molecule has 0 bridgehead atoms. The summed E-state index contributed by atoms with van der Waals surface area (Å²) in [4.78, 5) is 13.4. The highest BCUT2D eigenvalue weighted by Gasteiger charge is 2.20. The van der Waals surface area contributed by atoms with Crippen LogP contribution in [0.1, 0.15) is 38.7 Å². The Kier molecular flexibility index (Phi) is 6.80. The molecule has 172 valence electrons. The Morgan fingerprint density at radius 1 is 0.765 bits per heavy atom. The zero-order valence-corrected chi connectivity index (χ0v) is 19.8. The smallest absolute Gasteiger partial charge is 0.261 e. The van der Waals surface area contributed by atoms with Crippen LogP contribution in [0, 0.1) is 13.8 Å². The molecule has 0 radical (unpaired) electrons. The van der Waals surface area contributed by atoms with Crippen LogP contribution in [0.25, 0.3) is 0 Å². The average molecular weight is 471 g/mol. The van der Waals surface area contributed by atoms with Crippen molar-refractivity contribution in [1.29, 1.82) is 0 Å². The summed E-state index contributed by atoms with van der Waals surface area (Å²) in [6.45, 7) is 3.91. The van der Waals surface area contributed by atoms with E-state index >= 15 is 0 Å². The molecule has 1 atom stereocenters. The number of carbonyl (C=O) groups is 1. The molecule has 1 amide bonds. The Hall–Kier alpha value is -3.90. The Morgan fingerprint density at radius 3 is 2.15 bits per heavy atom. The maximum atomic E-state index is 13.2. The Morgan fingerprint density at radius 2 is 1.44 bits per heavy atom. The lowest BCUT2D eigenvalue weighted by molar-refractivity contribution is 0.0943. The van der Waals surface area contributed by atoms with Gasteiger partial charge in [0.2, 0.25) is 0 Å². The van der Waals surface area contributed by atoms with Crippen molar-refractivity contribution in [3.05, 3.63) is 131 Å². The first kappa shape index (κ1) is 23.3. The average Bonchev–Trinajstić information content (AvgIpc) is 2.84. The largest absolute Gasteiger partial charge is 0.341 e. The monoisotopic (exact) mass is 470 g/mol. The fourth-order valence-electron chi connectivity index (χ4n) is 3.77. The molecule has 4 rings (SSSR count). The number of hydrogen-bond donors (Lipinski definition) is 2. The second kappa shape index (κ2) is 9.93. The van der Waals surface area contributed by atoms with Gasteiger partial charge < -0.3 is 5.32 Å². The topological polar surface area (TPSA) is 75.3 Å². The fourth-order valence-corrected chi connectivity index (χ4v) is 4.82. The SMILES string of the molecule is Cc1ccc(S(=O)(=O)Nc2cccc(C(=O)N[C@H](c3ccccc3)c3ccccc3C)c2)cc1. The minimum absolute atomic E-state index is 0.164. The number of hydrogen-bond acceptors (Lipinski definition) is 3. The van der Waals surface area contributed by atoms with E-state index in [1.807, 2.05) is 68.4 Å². The Bertz CT molecular complexity index is 1400. The Labute approximate surface area is 200 Å². The summed E-state index contributed by atoms with van der Waals surface area (Å²) in [5.41, 5.74) is 4.68. The molecule has 4 aromatic rings. The van der Waals surface area contributed by atoms with Crippen LogP contribution in [0.3, 0.4) is 0 Å². The maximum Gasteiger partial charge on any atom is 0.261 e. The first-order chi connectivity index (χ1) is 16.3.